The van der Waals surface area contributed by atoms with Crippen LogP contribution < -0.4 is 0 Å². The van der Waals surface area contributed by atoms with E-state index < -0.39 is 0 Å². The minimum atomic E-state index is 0.0450. The number of halogens is 2. The van der Waals surface area contributed by atoms with Gasteiger partial charge in [-0.2, -0.15) is 0 Å². The van der Waals surface area contributed by atoms with E-state index in [0.717, 1.165) is 27.2 Å². The molecule has 0 radical (unpaired) electrons. The summed E-state index contributed by atoms with van der Waals surface area (Å²) in [5.74, 6) is 0.0450. The van der Waals surface area contributed by atoms with Gasteiger partial charge in [-0.25, -0.2) is 0 Å². The maximum absolute atomic E-state index is 13.0. The van der Waals surface area contributed by atoms with E-state index in [-0.39, 0.29) is 5.91 Å². The van der Waals surface area contributed by atoms with Crippen LogP contribution in [0.2, 0.25) is 5.02 Å². The number of carbonyl (C=O) groups excluding carboxylic acids is 1. The number of rotatable bonds is 7. The van der Waals surface area contributed by atoms with Crippen molar-refractivity contribution in [3.05, 3.63) is 93.2 Å². The van der Waals surface area contributed by atoms with Crippen molar-refractivity contribution in [3.8, 4) is 0 Å². The second-order valence-corrected chi connectivity index (χ2v) is 7.78. The van der Waals surface area contributed by atoms with Gasteiger partial charge in [-0.15, -0.1) is 0 Å². The van der Waals surface area contributed by atoms with Gasteiger partial charge in [-0.05, 0) is 48.4 Å². The van der Waals surface area contributed by atoms with Gasteiger partial charge in [0.25, 0.3) is 5.91 Å². The number of hydrogen-bond donors (Lipinski definition) is 0. The van der Waals surface area contributed by atoms with Crippen molar-refractivity contribution >= 4 is 33.4 Å². The van der Waals surface area contributed by atoms with Crippen LogP contribution in [0.5, 0.6) is 0 Å². The number of carbonyl (C=O) groups is 1. The van der Waals surface area contributed by atoms with Crippen molar-refractivity contribution in [3.63, 3.8) is 0 Å². The van der Waals surface area contributed by atoms with Gasteiger partial charge in [0, 0.05) is 40.0 Å². The molecule has 0 N–H and O–H groups in total. The minimum absolute atomic E-state index is 0.0450. The minimum Gasteiger partial charge on any atom is -0.345 e. The highest BCUT2D eigenvalue weighted by Gasteiger charge is 2.17. The van der Waals surface area contributed by atoms with Crippen LogP contribution in [0, 0.1) is 0 Å². The fourth-order valence-electron chi connectivity index (χ4n) is 3.08. The molecule has 3 aromatic rings. The average molecular weight is 446 g/mol. The third kappa shape index (κ3) is 5.02. The summed E-state index contributed by atoms with van der Waals surface area (Å²) in [6, 6.07) is 19.5. The Hall–Kier alpha value is -2.04. The first kappa shape index (κ1) is 19.7. The largest absolute Gasteiger partial charge is 0.345 e. The molecule has 0 bridgehead atoms. The molecule has 2 aromatic carbocycles. The molecule has 140 valence electrons. The van der Waals surface area contributed by atoms with Crippen LogP contribution in [0.3, 0.4) is 0 Å². The van der Waals surface area contributed by atoms with E-state index in [1.165, 1.54) is 0 Å². The van der Waals surface area contributed by atoms with Gasteiger partial charge >= 0.3 is 0 Å². The van der Waals surface area contributed by atoms with Crippen LogP contribution in [0.15, 0.2) is 71.3 Å². The van der Waals surface area contributed by atoms with Gasteiger partial charge in [0.2, 0.25) is 0 Å². The number of aromatic nitrogens is 1. The van der Waals surface area contributed by atoms with E-state index in [2.05, 4.69) is 33.5 Å². The molecule has 0 spiro atoms. The SMILES string of the molecule is CCCN(Cc1cccn1Cc1ccccc1Cl)C(=O)c1cccc(Br)c1. The molecule has 0 saturated heterocycles. The second kappa shape index (κ2) is 9.25. The lowest BCUT2D eigenvalue weighted by atomic mass is 10.2. The fraction of sp³-hybridized carbons (Fsp3) is 0.227. The molecule has 0 unspecified atom stereocenters. The fourth-order valence-corrected chi connectivity index (χ4v) is 3.67. The summed E-state index contributed by atoms with van der Waals surface area (Å²) < 4.78 is 3.06. The Morgan fingerprint density at radius 2 is 1.93 bits per heavy atom. The van der Waals surface area contributed by atoms with Crippen molar-refractivity contribution in [2.45, 2.75) is 26.4 Å². The molecule has 27 heavy (non-hydrogen) atoms. The van der Waals surface area contributed by atoms with Gasteiger partial charge < -0.3 is 9.47 Å². The Morgan fingerprint density at radius 1 is 1.11 bits per heavy atom. The summed E-state index contributed by atoms with van der Waals surface area (Å²) in [5.41, 5.74) is 2.85. The Bertz CT molecular complexity index is 922. The molecule has 0 fully saturated rings. The number of hydrogen-bond acceptors (Lipinski definition) is 1. The quantitative estimate of drug-likeness (QED) is 0.437. The highest BCUT2D eigenvalue weighted by Crippen LogP contribution is 2.19. The van der Waals surface area contributed by atoms with Crippen LogP contribution >= 0.6 is 27.5 Å². The molecule has 0 saturated carbocycles. The molecule has 1 heterocycles. The normalized spacial score (nSPS) is 10.8. The molecular weight excluding hydrogens is 424 g/mol. The molecule has 0 atom stereocenters. The summed E-state index contributed by atoms with van der Waals surface area (Å²) in [6.45, 7) is 4.05. The van der Waals surface area contributed by atoms with Crippen LogP contribution in [0.4, 0.5) is 0 Å². The Kier molecular flexibility index (Phi) is 6.75. The molecular formula is C22H22BrClN2O. The van der Waals surface area contributed by atoms with E-state index >= 15 is 0 Å². The molecule has 5 heteroatoms. The Morgan fingerprint density at radius 3 is 2.67 bits per heavy atom. The molecule has 3 nitrogen and oxygen atoms in total. The van der Waals surface area contributed by atoms with Crippen molar-refractivity contribution in [2.24, 2.45) is 0 Å². The topological polar surface area (TPSA) is 25.2 Å². The smallest absolute Gasteiger partial charge is 0.254 e. The van der Waals surface area contributed by atoms with Crippen LogP contribution in [-0.2, 0) is 13.1 Å². The first-order chi connectivity index (χ1) is 13.1. The molecule has 3 rings (SSSR count). The van der Waals surface area contributed by atoms with Gasteiger partial charge in [-0.1, -0.05) is 58.7 Å². The molecule has 1 aromatic heterocycles. The zero-order valence-electron chi connectivity index (χ0n) is 15.2. The van der Waals surface area contributed by atoms with Crippen LogP contribution in [-0.4, -0.2) is 21.9 Å². The van der Waals surface area contributed by atoms with Crippen molar-refractivity contribution < 1.29 is 4.79 Å². The maximum Gasteiger partial charge on any atom is 0.254 e. The summed E-state index contributed by atoms with van der Waals surface area (Å²) >= 11 is 9.76. The van der Waals surface area contributed by atoms with Gasteiger partial charge in [-0.3, -0.25) is 4.79 Å². The van der Waals surface area contributed by atoms with Crippen LogP contribution in [0.25, 0.3) is 0 Å². The maximum atomic E-state index is 13.0. The first-order valence-electron chi connectivity index (χ1n) is 9.00. The second-order valence-electron chi connectivity index (χ2n) is 6.46. The molecule has 0 aliphatic rings. The number of benzene rings is 2. The lowest BCUT2D eigenvalue weighted by molar-refractivity contribution is 0.0739. The van der Waals surface area contributed by atoms with E-state index in [0.29, 0.717) is 25.2 Å². The first-order valence-corrected chi connectivity index (χ1v) is 10.2. The van der Waals surface area contributed by atoms with Crippen molar-refractivity contribution in [1.29, 1.82) is 0 Å². The summed E-state index contributed by atoms with van der Waals surface area (Å²) in [4.78, 5) is 14.9. The van der Waals surface area contributed by atoms with Gasteiger partial charge in [0.15, 0.2) is 0 Å². The van der Waals surface area contributed by atoms with Crippen molar-refractivity contribution in [1.82, 2.24) is 9.47 Å². The summed E-state index contributed by atoms with van der Waals surface area (Å²) in [6.07, 6.45) is 2.94. The Labute approximate surface area is 173 Å². The van der Waals surface area contributed by atoms with E-state index in [1.54, 1.807) is 0 Å². The zero-order valence-corrected chi connectivity index (χ0v) is 17.6. The highest BCUT2D eigenvalue weighted by molar-refractivity contribution is 9.10. The van der Waals surface area contributed by atoms with Gasteiger partial charge in [0.1, 0.15) is 0 Å². The number of amides is 1. The Balaban J connectivity index is 1.81. The van der Waals surface area contributed by atoms with E-state index in [1.807, 2.05) is 65.7 Å². The highest BCUT2D eigenvalue weighted by atomic mass is 79.9. The van der Waals surface area contributed by atoms with Gasteiger partial charge in [0.05, 0.1) is 6.54 Å². The van der Waals surface area contributed by atoms with E-state index in [9.17, 15) is 4.79 Å². The predicted octanol–water partition coefficient (Wildman–Crippen LogP) is 6.00. The third-order valence-corrected chi connectivity index (χ3v) is 5.29. The van der Waals surface area contributed by atoms with E-state index in [4.69, 9.17) is 11.6 Å². The zero-order chi connectivity index (χ0) is 19.2. The summed E-state index contributed by atoms with van der Waals surface area (Å²) in [5, 5.41) is 0.757. The molecule has 0 aliphatic heterocycles. The monoisotopic (exact) mass is 444 g/mol. The standard InChI is InChI=1S/C22H22BrClN2O/c1-2-12-26(22(27)17-8-5-9-19(23)14-17)16-20-10-6-13-25(20)15-18-7-3-4-11-21(18)24/h3-11,13-14H,2,12,15-16H2,1H3. The third-order valence-electron chi connectivity index (χ3n) is 4.43. The lowest BCUT2D eigenvalue weighted by Gasteiger charge is -2.23. The number of nitrogens with zero attached hydrogens (tertiary/aromatic N) is 2. The lowest BCUT2D eigenvalue weighted by Crippen LogP contribution is -2.32. The predicted molar refractivity (Wildman–Crippen MR) is 114 cm³/mol. The van der Waals surface area contributed by atoms with Crippen molar-refractivity contribution in [2.75, 3.05) is 6.54 Å². The molecule has 0 aliphatic carbocycles. The average Bonchev–Trinajstić information content (AvgIpc) is 3.09. The van der Waals surface area contributed by atoms with Crippen LogP contribution in [0.1, 0.15) is 35.0 Å². The molecule has 1 amide bonds. The summed E-state index contributed by atoms with van der Waals surface area (Å²) in [7, 11) is 0.